The van der Waals surface area contributed by atoms with Gasteiger partial charge in [-0.3, -0.25) is 0 Å². The number of nitrogens with one attached hydrogen (secondary N) is 1. The van der Waals surface area contributed by atoms with Crippen LogP contribution in [0.5, 0.6) is 0 Å². The van der Waals surface area contributed by atoms with Gasteiger partial charge in [0.25, 0.3) is 0 Å². The second-order valence-corrected chi connectivity index (χ2v) is 7.90. The molecule has 0 aliphatic rings. The highest BCUT2D eigenvalue weighted by Gasteiger charge is 2.00. The molecule has 0 spiro atoms. The van der Waals surface area contributed by atoms with Crippen molar-refractivity contribution < 1.29 is 0 Å². The predicted molar refractivity (Wildman–Crippen MR) is 120 cm³/mol. The van der Waals surface area contributed by atoms with Crippen molar-refractivity contribution >= 4 is 0 Å². The molecule has 0 aliphatic heterocycles. The number of allylic oxidation sites excluding steroid dienone is 3. The van der Waals surface area contributed by atoms with Crippen molar-refractivity contribution in [2.24, 2.45) is 0 Å². The Hall–Kier alpha value is -1.31. The van der Waals surface area contributed by atoms with Crippen molar-refractivity contribution in [3.63, 3.8) is 0 Å². The third kappa shape index (κ3) is 14.4. The van der Waals surface area contributed by atoms with Crippen LogP contribution in [0.25, 0.3) is 0 Å². The molecule has 1 aromatic rings. The molecule has 0 radical (unpaired) electrons. The maximum atomic E-state index is 4.51. The fraction of sp³-hybridized carbons (Fsp3) is 0.720. The third-order valence-electron chi connectivity index (χ3n) is 5.29. The van der Waals surface area contributed by atoms with Crippen LogP contribution in [0.1, 0.15) is 115 Å². The number of imidazole rings is 1. The first kappa shape index (κ1) is 23.7. The normalized spacial score (nSPS) is 11.4. The molecule has 0 unspecified atom stereocenters. The average molecular weight is 373 g/mol. The Kier molecular flexibility index (Phi) is 15.9. The van der Waals surface area contributed by atoms with E-state index in [-0.39, 0.29) is 0 Å². The lowest BCUT2D eigenvalue weighted by Crippen LogP contribution is -1.90. The zero-order chi connectivity index (χ0) is 19.4. The Morgan fingerprint density at radius 2 is 1.41 bits per heavy atom. The Morgan fingerprint density at radius 3 is 2.00 bits per heavy atom. The quantitative estimate of drug-likeness (QED) is 0.193. The Morgan fingerprint density at radius 1 is 0.815 bits per heavy atom. The summed E-state index contributed by atoms with van der Waals surface area (Å²) in [5.41, 5.74) is 1.32. The van der Waals surface area contributed by atoms with Crippen LogP contribution in [0.3, 0.4) is 0 Å². The zero-order valence-corrected chi connectivity index (χ0v) is 18.0. The van der Waals surface area contributed by atoms with E-state index in [9.17, 15) is 0 Å². The smallest absolute Gasteiger partial charge is 0.106 e. The summed E-state index contributed by atoms with van der Waals surface area (Å²) in [5, 5.41) is 0. The SMILES string of the molecule is C=CC=CCCCCCCCCCCCCCCc1ncc(CCCC)[nH]1. The van der Waals surface area contributed by atoms with Crippen LogP contribution in [-0.4, -0.2) is 9.97 Å². The lowest BCUT2D eigenvalue weighted by Gasteiger charge is -2.03. The summed E-state index contributed by atoms with van der Waals surface area (Å²) in [7, 11) is 0. The van der Waals surface area contributed by atoms with Gasteiger partial charge in [-0.05, 0) is 32.1 Å². The van der Waals surface area contributed by atoms with Gasteiger partial charge in [-0.2, -0.15) is 0 Å². The second kappa shape index (κ2) is 18.1. The van der Waals surface area contributed by atoms with Crippen LogP contribution in [0, 0.1) is 0 Å². The van der Waals surface area contributed by atoms with Crippen LogP contribution < -0.4 is 0 Å². The van der Waals surface area contributed by atoms with E-state index in [0.29, 0.717) is 0 Å². The van der Waals surface area contributed by atoms with E-state index in [4.69, 9.17) is 0 Å². The molecule has 1 N–H and O–H groups in total. The number of nitrogens with zero attached hydrogens (tertiary/aromatic N) is 1. The Bertz CT molecular complexity index is 472. The topological polar surface area (TPSA) is 28.7 Å². The van der Waals surface area contributed by atoms with E-state index in [1.165, 1.54) is 108 Å². The minimum Gasteiger partial charge on any atom is -0.346 e. The summed E-state index contributed by atoms with van der Waals surface area (Å²) in [6.45, 7) is 5.93. The number of aromatic amines is 1. The summed E-state index contributed by atoms with van der Waals surface area (Å²) in [6.07, 6.45) is 30.9. The van der Waals surface area contributed by atoms with Crippen LogP contribution in [-0.2, 0) is 12.8 Å². The van der Waals surface area contributed by atoms with E-state index < -0.39 is 0 Å². The molecule has 0 amide bonds. The lowest BCUT2D eigenvalue weighted by molar-refractivity contribution is 0.540. The first-order valence-electron chi connectivity index (χ1n) is 11.7. The van der Waals surface area contributed by atoms with Crippen molar-refractivity contribution in [3.8, 4) is 0 Å². The number of unbranched alkanes of at least 4 members (excludes halogenated alkanes) is 13. The lowest BCUT2D eigenvalue weighted by atomic mass is 10.0. The summed E-state index contributed by atoms with van der Waals surface area (Å²) in [5.74, 6) is 1.19. The van der Waals surface area contributed by atoms with E-state index in [1.54, 1.807) is 0 Å². The van der Waals surface area contributed by atoms with Crippen LogP contribution >= 0.6 is 0 Å². The van der Waals surface area contributed by atoms with Crippen molar-refractivity contribution in [1.82, 2.24) is 9.97 Å². The first-order chi connectivity index (χ1) is 13.4. The number of aryl methyl sites for hydroxylation is 2. The molecule has 0 aliphatic carbocycles. The van der Waals surface area contributed by atoms with Crippen LogP contribution in [0.15, 0.2) is 31.0 Å². The van der Waals surface area contributed by atoms with Crippen molar-refractivity contribution in [2.45, 2.75) is 116 Å². The van der Waals surface area contributed by atoms with Gasteiger partial charge in [0.2, 0.25) is 0 Å². The highest BCUT2D eigenvalue weighted by atomic mass is 14.9. The molecule has 0 saturated heterocycles. The van der Waals surface area contributed by atoms with Gasteiger partial charge in [0, 0.05) is 18.3 Å². The van der Waals surface area contributed by atoms with E-state index >= 15 is 0 Å². The molecule has 27 heavy (non-hydrogen) atoms. The monoisotopic (exact) mass is 372 g/mol. The highest BCUT2D eigenvalue weighted by Crippen LogP contribution is 2.13. The molecule has 2 nitrogen and oxygen atoms in total. The number of hydrogen-bond donors (Lipinski definition) is 1. The molecular weight excluding hydrogens is 328 g/mol. The van der Waals surface area contributed by atoms with Crippen LogP contribution in [0.2, 0.25) is 0 Å². The Labute approximate surface area is 169 Å². The van der Waals surface area contributed by atoms with E-state index in [0.717, 1.165) is 12.8 Å². The number of rotatable bonds is 19. The summed E-state index contributed by atoms with van der Waals surface area (Å²) in [4.78, 5) is 8.00. The molecule has 0 saturated carbocycles. The first-order valence-corrected chi connectivity index (χ1v) is 11.7. The Balaban J connectivity index is 1.79. The maximum Gasteiger partial charge on any atom is 0.106 e. The van der Waals surface area contributed by atoms with Gasteiger partial charge >= 0.3 is 0 Å². The number of H-pyrrole nitrogens is 1. The van der Waals surface area contributed by atoms with Crippen molar-refractivity contribution in [1.29, 1.82) is 0 Å². The van der Waals surface area contributed by atoms with Gasteiger partial charge in [-0.15, -0.1) is 0 Å². The number of hydrogen-bond acceptors (Lipinski definition) is 1. The van der Waals surface area contributed by atoms with Gasteiger partial charge in [0.1, 0.15) is 5.82 Å². The fourth-order valence-corrected chi connectivity index (χ4v) is 3.54. The maximum absolute atomic E-state index is 4.51. The summed E-state index contributed by atoms with van der Waals surface area (Å²) < 4.78 is 0. The standard InChI is InChI=1S/C25H44N2/c1-3-5-7-8-9-10-11-12-13-14-15-16-17-18-19-20-22-25-26-23-24(27-25)21-6-4-2/h3,5,7,23H,1,4,6,8-22H2,2H3,(H,26,27). The zero-order valence-electron chi connectivity index (χ0n) is 18.0. The predicted octanol–water partition coefficient (Wildman–Crippen LogP) is 8.11. The molecule has 1 aromatic heterocycles. The van der Waals surface area contributed by atoms with Gasteiger partial charge in [-0.1, -0.05) is 102 Å². The molecule has 0 bridgehead atoms. The van der Waals surface area contributed by atoms with Crippen molar-refractivity contribution in [2.75, 3.05) is 0 Å². The van der Waals surface area contributed by atoms with E-state index in [2.05, 4.69) is 35.6 Å². The van der Waals surface area contributed by atoms with Gasteiger partial charge in [0.15, 0.2) is 0 Å². The number of aromatic nitrogens is 2. The van der Waals surface area contributed by atoms with Crippen LogP contribution in [0.4, 0.5) is 0 Å². The largest absolute Gasteiger partial charge is 0.346 e. The molecule has 0 atom stereocenters. The van der Waals surface area contributed by atoms with E-state index in [1.807, 2.05) is 12.3 Å². The second-order valence-electron chi connectivity index (χ2n) is 7.90. The summed E-state index contributed by atoms with van der Waals surface area (Å²) in [6, 6.07) is 0. The van der Waals surface area contributed by atoms with Gasteiger partial charge < -0.3 is 4.98 Å². The van der Waals surface area contributed by atoms with Gasteiger partial charge in [0.05, 0.1) is 0 Å². The molecule has 154 valence electrons. The minimum atomic E-state index is 1.12. The molecular formula is C25H44N2. The fourth-order valence-electron chi connectivity index (χ4n) is 3.54. The molecule has 0 aromatic carbocycles. The molecule has 0 fully saturated rings. The molecule has 1 heterocycles. The minimum absolute atomic E-state index is 1.12. The summed E-state index contributed by atoms with van der Waals surface area (Å²) >= 11 is 0. The van der Waals surface area contributed by atoms with Gasteiger partial charge in [-0.25, -0.2) is 4.98 Å². The molecule has 1 rings (SSSR count). The third-order valence-corrected chi connectivity index (χ3v) is 5.29. The highest BCUT2D eigenvalue weighted by molar-refractivity contribution is 5.01. The molecule has 2 heteroatoms. The average Bonchev–Trinajstić information content (AvgIpc) is 3.13. The van der Waals surface area contributed by atoms with Crippen molar-refractivity contribution in [3.05, 3.63) is 42.5 Å².